The zero-order valence-electron chi connectivity index (χ0n) is 11.1. The molecular formula is C13H17BrN2O3. The van der Waals surface area contributed by atoms with Crippen LogP contribution in [-0.4, -0.2) is 34.6 Å². The summed E-state index contributed by atoms with van der Waals surface area (Å²) in [7, 11) is 0. The first-order valence-corrected chi connectivity index (χ1v) is 6.76. The Kier molecular flexibility index (Phi) is 5.35. The van der Waals surface area contributed by atoms with Crippen molar-refractivity contribution in [3.8, 4) is 0 Å². The first-order chi connectivity index (χ1) is 8.86. The van der Waals surface area contributed by atoms with Gasteiger partial charge in [0.1, 0.15) is 0 Å². The van der Waals surface area contributed by atoms with Crippen molar-refractivity contribution >= 4 is 33.6 Å². The molecule has 1 rings (SSSR count). The third-order valence-electron chi connectivity index (χ3n) is 2.67. The molecule has 0 spiro atoms. The van der Waals surface area contributed by atoms with E-state index in [1.165, 1.54) is 6.07 Å². The molecule has 0 fully saturated rings. The molecule has 6 heteroatoms. The number of carbonyl (C=O) groups is 2. The summed E-state index contributed by atoms with van der Waals surface area (Å²) in [6, 6.07) is 4.53. The van der Waals surface area contributed by atoms with Gasteiger partial charge in [-0.1, -0.05) is 0 Å². The van der Waals surface area contributed by atoms with Gasteiger partial charge in [-0.3, -0.25) is 0 Å². The quantitative estimate of drug-likeness (QED) is 0.889. The number of carbonyl (C=O) groups excluding carboxylic acids is 1. The minimum Gasteiger partial charge on any atom is -0.478 e. The topological polar surface area (TPSA) is 69.6 Å². The smallest absolute Gasteiger partial charge is 0.336 e. The van der Waals surface area contributed by atoms with E-state index in [2.05, 4.69) is 21.2 Å². The van der Waals surface area contributed by atoms with Crippen LogP contribution in [0.25, 0.3) is 0 Å². The first kappa shape index (κ1) is 15.5. The number of urea groups is 1. The molecule has 2 N–H and O–H groups in total. The Morgan fingerprint density at radius 3 is 2.53 bits per heavy atom. The summed E-state index contributed by atoms with van der Waals surface area (Å²) in [6.45, 7) is 6.33. The maximum atomic E-state index is 12.0. The second-order valence-electron chi connectivity index (χ2n) is 4.31. The second kappa shape index (κ2) is 6.56. The van der Waals surface area contributed by atoms with Crippen molar-refractivity contribution in [1.82, 2.24) is 4.90 Å². The Hall–Kier alpha value is -1.56. The molecule has 0 bridgehead atoms. The minimum absolute atomic E-state index is 0.0828. The molecule has 1 aromatic carbocycles. The fourth-order valence-electron chi connectivity index (χ4n) is 1.71. The number of hydrogen-bond donors (Lipinski definition) is 2. The van der Waals surface area contributed by atoms with Crippen molar-refractivity contribution in [3.63, 3.8) is 0 Å². The fraction of sp³-hybridized carbons (Fsp3) is 0.385. The van der Waals surface area contributed by atoms with Crippen LogP contribution in [0.1, 0.15) is 31.1 Å². The van der Waals surface area contributed by atoms with Crippen LogP contribution >= 0.6 is 15.9 Å². The lowest BCUT2D eigenvalue weighted by Crippen LogP contribution is -2.39. The predicted molar refractivity (Wildman–Crippen MR) is 77.6 cm³/mol. The van der Waals surface area contributed by atoms with Gasteiger partial charge in [-0.2, -0.15) is 0 Å². The zero-order valence-corrected chi connectivity index (χ0v) is 12.7. The van der Waals surface area contributed by atoms with Crippen LogP contribution in [0.2, 0.25) is 0 Å². The highest BCUT2D eigenvalue weighted by Crippen LogP contribution is 2.21. The summed E-state index contributed by atoms with van der Waals surface area (Å²) in [4.78, 5) is 24.7. The molecular weight excluding hydrogens is 312 g/mol. The number of amides is 2. The number of benzene rings is 1. The SMILES string of the molecule is CCN(C(=O)Nc1ccc(Br)c(C(=O)O)c1)C(C)C. The van der Waals surface area contributed by atoms with Gasteiger partial charge in [0.05, 0.1) is 5.56 Å². The molecule has 0 saturated heterocycles. The number of hydrogen-bond acceptors (Lipinski definition) is 2. The Morgan fingerprint density at radius 2 is 2.05 bits per heavy atom. The van der Waals surface area contributed by atoms with Crippen molar-refractivity contribution in [1.29, 1.82) is 0 Å². The third kappa shape index (κ3) is 3.96. The fourth-order valence-corrected chi connectivity index (χ4v) is 2.12. The van der Waals surface area contributed by atoms with Gasteiger partial charge < -0.3 is 15.3 Å². The largest absolute Gasteiger partial charge is 0.478 e. The van der Waals surface area contributed by atoms with Crippen LogP contribution < -0.4 is 5.32 Å². The van der Waals surface area contributed by atoms with Crippen LogP contribution in [0.3, 0.4) is 0 Å². The highest BCUT2D eigenvalue weighted by Gasteiger charge is 2.16. The van der Waals surface area contributed by atoms with Crippen LogP contribution in [0.4, 0.5) is 10.5 Å². The second-order valence-corrected chi connectivity index (χ2v) is 5.16. The van der Waals surface area contributed by atoms with E-state index in [4.69, 9.17) is 5.11 Å². The summed E-state index contributed by atoms with van der Waals surface area (Å²) >= 11 is 3.16. The van der Waals surface area contributed by atoms with Crippen molar-refractivity contribution in [2.75, 3.05) is 11.9 Å². The average molecular weight is 329 g/mol. The Morgan fingerprint density at radius 1 is 1.42 bits per heavy atom. The van der Waals surface area contributed by atoms with Gasteiger partial charge >= 0.3 is 12.0 Å². The van der Waals surface area contributed by atoms with E-state index in [1.54, 1.807) is 17.0 Å². The van der Waals surface area contributed by atoms with Gasteiger partial charge in [-0.25, -0.2) is 9.59 Å². The lowest BCUT2D eigenvalue weighted by molar-refractivity contribution is 0.0696. The Balaban J connectivity index is 2.91. The molecule has 19 heavy (non-hydrogen) atoms. The molecule has 0 saturated carbocycles. The number of halogens is 1. The molecule has 0 heterocycles. The number of carboxylic acid groups (broad SMARTS) is 1. The normalized spacial score (nSPS) is 10.4. The van der Waals surface area contributed by atoms with E-state index in [1.807, 2.05) is 20.8 Å². The van der Waals surface area contributed by atoms with Gasteiger partial charge in [0.25, 0.3) is 0 Å². The Bertz CT molecular complexity index is 489. The molecule has 104 valence electrons. The van der Waals surface area contributed by atoms with E-state index in [0.29, 0.717) is 16.7 Å². The van der Waals surface area contributed by atoms with E-state index in [0.717, 1.165) is 0 Å². The summed E-state index contributed by atoms with van der Waals surface area (Å²) in [5, 5.41) is 11.7. The minimum atomic E-state index is -1.04. The van der Waals surface area contributed by atoms with Gasteiger partial charge in [0.15, 0.2) is 0 Å². The molecule has 0 aromatic heterocycles. The molecule has 0 radical (unpaired) electrons. The van der Waals surface area contributed by atoms with Crippen molar-refractivity contribution in [3.05, 3.63) is 28.2 Å². The van der Waals surface area contributed by atoms with E-state index >= 15 is 0 Å². The van der Waals surface area contributed by atoms with Crippen LogP contribution in [0, 0.1) is 0 Å². The van der Waals surface area contributed by atoms with Crippen molar-refractivity contribution in [2.45, 2.75) is 26.8 Å². The molecule has 2 amide bonds. The van der Waals surface area contributed by atoms with Gasteiger partial charge in [-0.05, 0) is 54.9 Å². The van der Waals surface area contributed by atoms with Crippen LogP contribution in [-0.2, 0) is 0 Å². The van der Waals surface area contributed by atoms with E-state index < -0.39 is 5.97 Å². The van der Waals surface area contributed by atoms with Gasteiger partial charge in [0.2, 0.25) is 0 Å². The number of carboxylic acids is 1. The maximum Gasteiger partial charge on any atom is 0.336 e. The average Bonchev–Trinajstić information content (AvgIpc) is 2.31. The summed E-state index contributed by atoms with van der Waals surface area (Å²) < 4.78 is 0.481. The van der Waals surface area contributed by atoms with Crippen molar-refractivity contribution < 1.29 is 14.7 Å². The number of aromatic carboxylic acids is 1. The highest BCUT2D eigenvalue weighted by molar-refractivity contribution is 9.10. The first-order valence-electron chi connectivity index (χ1n) is 5.97. The summed E-state index contributed by atoms with van der Waals surface area (Å²) in [6.07, 6.45) is 0. The Labute approximate surface area is 120 Å². The number of anilines is 1. The molecule has 0 atom stereocenters. The molecule has 0 aliphatic heterocycles. The maximum absolute atomic E-state index is 12.0. The lowest BCUT2D eigenvalue weighted by atomic mass is 10.2. The van der Waals surface area contributed by atoms with Gasteiger partial charge in [0, 0.05) is 22.7 Å². The molecule has 0 unspecified atom stereocenters. The molecule has 0 aliphatic carbocycles. The standard InChI is InChI=1S/C13H17BrN2O3/c1-4-16(8(2)3)13(19)15-9-5-6-11(14)10(7-9)12(17)18/h5-8H,4H2,1-3H3,(H,15,19)(H,17,18). The van der Waals surface area contributed by atoms with Crippen LogP contribution in [0.15, 0.2) is 22.7 Å². The van der Waals surface area contributed by atoms with Crippen LogP contribution in [0.5, 0.6) is 0 Å². The molecule has 0 aliphatic rings. The monoisotopic (exact) mass is 328 g/mol. The number of rotatable bonds is 4. The van der Waals surface area contributed by atoms with E-state index in [-0.39, 0.29) is 17.6 Å². The van der Waals surface area contributed by atoms with Crippen molar-refractivity contribution in [2.24, 2.45) is 0 Å². The third-order valence-corrected chi connectivity index (χ3v) is 3.36. The highest BCUT2D eigenvalue weighted by atomic mass is 79.9. The summed E-state index contributed by atoms with van der Waals surface area (Å²) in [5.41, 5.74) is 0.579. The summed E-state index contributed by atoms with van der Waals surface area (Å²) in [5.74, 6) is -1.04. The predicted octanol–water partition coefficient (Wildman–Crippen LogP) is 3.41. The molecule has 1 aromatic rings. The lowest BCUT2D eigenvalue weighted by Gasteiger charge is -2.25. The number of nitrogens with zero attached hydrogens (tertiary/aromatic N) is 1. The zero-order chi connectivity index (χ0) is 14.6. The van der Waals surface area contributed by atoms with E-state index in [9.17, 15) is 9.59 Å². The number of nitrogens with one attached hydrogen (secondary N) is 1. The molecule has 5 nitrogen and oxygen atoms in total. The van der Waals surface area contributed by atoms with Gasteiger partial charge in [-0.15, -0.1) is 0 Å².